The van der Waals surface area contributed by atoms with E-state index in [1.807, 2.05) is 44.2 Å². The Hall–Kier alpha value is -2.52. The van der Waals surface area contributed by atoms with Gasteiger partial charge < -0.3 is 0 Å². The molecule has 0 spiro atoms. The van der Waals surface area contributed by atoms with Crippen LogP contribution in [0.5, 0.6) is 0 Å². The summed E-state index contributed by atoms with van der Waals surface area (Å²) in [5.74, 6) is -0.391. The Labute approximate surface area is 190 Å². The van der Waals surface area contributed by atoms with Crippen LogP contribution in [-0.4, -0.2) is 30.0 Å². The van der Waals surface area contributed by atoms with E-state index in [-0.39, 0.29) is 22.9 Å². The van der Waals surface area contributed by atoms with Crippen LogP contribution in [0.15, 0.2) is 88.7 Å². The molecule has 3 rings (SSSR count). The number of hydrogen-bond donors (Lipinski definition) is 1. The molecule has 0 aliphatic rings. The average molecular weight is 474 g/mol. The summed E-state index contributed by atoms with van der Waals surface area (Å²) >= 11 is 0. The van der Waals surface area contributed by atoms with Gasteiger partial charge in [-0.15, -0.1) is 0 Å². The topological polar surface area (TPSA) is 89.5 Å². The molecule has 0 amide bonds. The number of rotatable bonds is 10. The maximum Gasteiger partial charge on any atom is 0.296 e. The maximum absolute atomic E-state index is 12.7. The molecule has 0 aromatic heterocycles. The van der Waals surface area contributed by atoms with E-state index < -0.39 is 26.1 Å². The van der Waals surface area contributed by atoms with Gasteiger partial charge in [0.05, 0.1) is 16.4 Å². The van der Waals surface area contributed by atoms with E-state index in [2.05, 4.69) is 4.72 Å². The summed E-state index contributed by atoms with van der Waals surface area (Å²) in [6.07, 6.45) is 0.459. The molecule has 0 unspecified atom stereocenters. The highest BCUT2D eigenvalue weighted by Gasteiger charge is 2.21. The zero-order valence-electron chi connectivity index (χ0n) is 18.1. The Bertz CT molecular complexity index is 1140. The molecule has 0 radical (unpaired) electrons. The molecule has 6 nitrogen and oxygen atoms in total. The molecule has 3 aromatic carbocycles. The van der Waals surface area contributed by atoms with Crippen LogP contribution in [0.1, 0.15) is 16.7 Å². The van der Waals surface area contributed by atoms with Crippen molar-refractivity contribution in [1.29, 1.82) is 0 Å². The van der Waals surface area contributed by atoms with Crippen molar-refractivity contribution < 1.29 is 21.0 Å². The summed E-state index contributed by atoms with van der Waals surface area (Å²) in [5.41, 5.74) is 2.86. The Balaban J connectivity index is 1.73. The van der Waals surface area contributed by atoms with Crippen molar-refractivity contribution in [2.24, 2.45) is 5.92 Å². The first-order chi connectivity index (χ1) is 15.2. The molecule has 0 saturated heterocycles. The van der Waals surface area contributed by atoms with E-state index in [0.29, 0.717) is 6.42 Å². The number of sulfonamides is 1. The van der Waals surface area contributed by atoms with Crippen LogP contribution in [0.2, 0.25) is 0 Å². The Kier molecular flexibility index (Phi) is 7.84. The molecular weight excluding hydrogens is 446 g/mol. The minimum atomic E-state index is -3.95. The minimum Gasteiger partial charge on any atom is -0.266 e. The number of benzene rings is 3. The smallest absolute Gasteiger partial charge is 0.266 e. The molecule has 8 heteroatoms. The van der Waals surface area contributed by atoms with Gasteiger partial charge in [-0.3, -0.25) is 4.18 Å². The molecule has 0 aliphatic carbocycles. The Morgan fingerprint density at radius 1 is 0.750 bits per heavy atom. The highest BCUT2D eigenvalue weighted by atomic mass is 32.2. The lowest BCUT2D eigenvalue weighted by molar-refractivity contribution is 0.253. The highest BCUT2D eigenvalue weighted by molar-refractivity contribution is 7.89. The van der Waals surface area contributed by atoms with Crippen LogP contribution in [0, 0.1) is 19.8 Å². The van der Waals surface area contributed by atoms with Crippen molar-refractivity contribution in [2.45, 2.75) is 30.1 Å². The van der Waals surface area contributed by atoms with E-state index in [1.54, 1.807) is 36.4 Å². The number of nitrogens with one attached hydrogen (secondary N) is 1. The second kappa shape index (κ2) is 10.4. The predicted octanol–water partition coefficient (Wildman–Crippen LogP) is 3.85. The first-order valence-electron chi connectivity index (χ1n) is 10.2. The second-order valence-electron chi connectivity index (χ2n) is 7.77. The van der Waals surface area contributed by atoms with E-state index in [9.17, 15) is 16.8 Å². The fraction of sp³-hybridized carbons (Fsp3) is 0.250. The predicted molar refractivity (Wildman–Crippen MR) is 124 cm³/mol. The fourth-order valence-corrected chi connectivity index (χ4v) is 5.22. The van der Waals surface area contributed by atoms with Crippen molar-refractivity contribution in [1.82, 2.24) is 4.72 Å². The molecular formula is C24H27NO5S2. The van der Waals surface area contributed by atoms with Crippen LogP contribution in [0.4, 0.5) is 0 Å². The van der Waals surface area contributed by atoms with Gasteiger partial charge in [-0.25, -0.2) is 13.1 Å². The van der Waals surface area contributed by atoms with Crippen molar-refractivity contribution in [2.75, 3.05) is 13.2 Å². The van der Waals surface area contributed by atoms with Crippen molar-refractivity contribution in [3.8, 4) is 0 Å². The van der Waals surface area contributed by atoms with Crippen LogP contribution < -0.4 is 4.72 Å². The van der Waals surface area contributed by atoms with Crippen molar-refractivity contribution in [3.05, 3.63) is 95.6 Å². The van der Waals surface area contributed by atoms with E-state index in [0.717, 1.165) is 16.7 Å². The van der Waals surface area contributed by atoms with Gasteiger partial charge in [0.15, 0.2) is 0 Å². The lowest BCUT2D eigenvalue weighted by Crippen LogP contribution is -2.33. The second-order valence-corrected chi connectivity index (χ2v) is 11.2. The molecule has 0 aliphatic heterocycles. The quantitative estimate of drug-likeness (QED) is 0.452. The molecule has 32 heavy (non-hydrogen) atoms. The fourth-order valence-electron chi connectivity index (χ4n) is 3.12. The largest absolute Gasteiger partial charge is 0.296 e. The van der Waals surface area contributed by atoms with Gasteiger partial charge in [-0.05, 0) is 50.1 Å². The van der Waals surface area contributed by atoms with Crippen molar-refractivity contribution >= 4 is 20.1 Å². The summed E-state index contributed by atoms with van der Waals surface area (Å²) in [6, 6.07) is 22.4. The average Bonchev–Trinajstić information content (AvgIpc) is 2.77. The van der Waals surface area contributed by atoms with Crippen LogP contribution >= 0.6 is 0 Å². The van der Waals surface area contributed by atoms with Gasteiger partial charge in [-0.2, -0.15) is 8.42 Å². The third kappa shape index (κ3) is 6.74. The highest BCUT2D eigenvalue weighted by Crippen LogP contribution is 2.17. The summed E-state index contributed by atoms with van der Waals surface area (Å²) < 4.78 is 58.5. The lowest BCUT2D eigenvalue weighted by atomic mass is 10.0. The molecule has 1 atom stereocenters. The molecule has 1 N–H and O–H groups in total. The third-order valence-corrected chi connectivity index (χ3v) is 7.76. The normalized spacial score (nSPS) is 13.1. The van der Waals surface area contributed by atoms with Gasteiger partial charge in [0.2, 0.25) is 10.0 Å². The maximum atomic E-state index is 12.7. The summed E-state index contributed by atoms with van der Waals surface area (Å²) in [4.78, 5) is 0.233. The van der Waals surface area contributed by atoms with E-state index in [1.165, 1.54) is 12.1 Å². The van der Waals surface area contributed by atoms with Gasteiger partial charge in [0.25, 0.3) is 10.1 Å². The summed E-state index contributed by atoms with van der Waals surface area (Å²) in [5, 5.41) is 0. The molecule has 0 fully saturated rings. The van der Waals surface area contributed by atoms with Gasteiger partial charge in [0.1, 0.15) is 0 Å². The molecule has 0 bridgehead atoms. The monoisotopic (exact) mass is 473 g/mol. The van der Waals surface area contributed by atoms with Crippen LogP contribution in [-0.2, 0) is 30.7 Å². The molecule has 0 heterocycles. The number of hydrogen-bond acceptors (Lipinski definition) is 5. The first-order valence-corrected chi connectivity index (χ1v) is 13.1. The van der Waals surface area contributed by atoms with Crippen LogP contribution in [0.25, 0.3) is 0 Å². The zero-order valence-corrected chi connectivity index (χ0v) is 19.7. The van der Waals surface area contributed by atoms with Crippen molar-refractivity contribution in [3.63, 3.8) is 0 Å². The van der Waals surface area contributed by atoms with Crippen LogP contribution in [0.3, 0.4) is 0 Å². The molecule has 0 saturated carbocycles. The van der Waals surface area contributed by atoms with E-state index >= 15 is 0 Å². The molecule has 170 valence electrons. The van der Waals surface area contributed by atoms with Gasteiger partial charge >= 0.3 is 0 Å². The Morgan fingerprint density at radius 2 is 1.28 bits per heavy atom. The summed E-state index contributed by atoms with van der Waals surface area (Å²) in [6.45, 7) is 3.63. The SMILES string of the molecule is Cc1ccc(S(=O)(=O)NC[C@@H](COS(=O)(=O)c2ccc(C)cc2)Cc2ccccc2)cc1. The third-order valence-electron chi connectivity index (χ3n) is 5.03. The lowest BCUT2D eigenvalue weighted by Gasteiger charge is -2.18. The first kappa shape index (κ1) is 24.1. The van der Waals surface area contributed by atoms with Gasteiger partial charge in [-0.1, -0.05) is 65.7 Å². The van der Waals surface area contributed by atoms with E-state index in [4.69, 9.17) is 4.18 Å². The standard InChI is InChI=1S/C24H27NO5S2/c1-19-8-12-23(13-9-19)31(26,27)25-17-22(16-21-6-4-3-5-7-21)18-30-32(28,29)24-14-10-20(2)11-15-24/h3-15,22,25H,16-18H2,1-2H3/t22-/m0/s1. The van der Waals surface area contributed by atoms with Gasteiger partial charge in [0, 0.05) is 12.5 Å². The Morgan fingerprint density at radius 3 is 1.84 bits per heavy atom. The minimum absolute atomic E-state index is 0.0362. The summed E-state index contributed by atoms with van der Waals surface area (Å²) in [7, 11) is -7.68. The zero-order chi connectivity index (χ0) is 23.2. The number of aryl methyl sites for hydroxylation is 2. The molecule has 3 aromatic rings.